The molecule has 0 aliphatic heterocycles. The molecule has 2 spiro atoms. The molecule has 9 unspecified atom stereocenters. The molecule has 0 saturated heterocycles. The van der Waals surface area contributed by atoms with Crippen molar-refractivity contribution in [1.82, 2.24) is 0 Å². The van der Waals surface area contributed by atoms with Gasteiger partial charge in [-0.05, 0) is 128 Å². The van der Waals surface area contributed by atoms with Gasteiger partial charge in [-0.1, -0.05) is 40.2 Å². The molecule has 9 atom stereocenters. The minimum Gasteiger partial charge on any atom is -0.393 e. The van der Waals surface area contributed by atoms with Gasteiger partial charge in [-0.3, -0.25) is 4.79 Å². The van der Waals surface area contributed by atoms with Gasteiger partial charge in [-0.2, -0.15) is 0 Å². The zero-order valence-corrected chi connectivity index (χ0v) is 21.9. The fraction of sp³-hybridized carbons (Fsp3) is 0.900. The van der Waals surface area contributed by atoms with E-state index < -0.39 is 0 Å². The first-order chi connectivity index (χ1) is 14.8. The van der Waals surface area contributed by atoms with Gasteiger partial charge in [0.2, 0.25) is 0 Å². The number of allylic oxidation sites excluding steroid dienone is 2. The number of ketones is 1. The molecular weight excluding hydrogens is 392 g/mol. The maximum Gasteiger partial charge on any atom is 0.155 e. The SMILES string of the molecule is CC(C)=CC(=O)CC(C)C1CCC2(C)C3CCC4C(C)(C)C(O)CCC45CC35CCC12C. The van der Waals surface area contributed by atoms with Crippen molar-refractivity contribution in [3.8, 4) is 0 Å². The summed E-state index contributed by atoms with van der Waals surface area (Å²) < 4.78 is 0. The molecule has 5 rings (SSSR count). The maximum atomic E-state index is 12.6. The Bertz CT molecular complexity index is 836. The largest absolute Gasteiger partial charge is 0.393 e. The summed E-state index contributed by atoms with van der Waals surface area (Å²) in [5, 5.41) is 10.8. The number of aliphatic hydroxyl groups excluding tert-OH is 1. The lowest BCUT2D eigenvalue weighted by atomic mass is 9.41. The van der Waals surface area contributed by atoms with E-state index in [2.05, 4.69) is 34.6 Å². The van der Waals surface area contributed by atoms with Crippen LogP contribution in [0.3, 0.4) is 0 Å². The van der Waals surface area contributed by atoms with Gasteiger partial charge in [0, 0.05) is 6.42 Å². The van der Waals surface area contributed by atoms with Crippen molar-refractivity contribution in [2.24, 2.45) is 50.7 Å². The van der Waals surface area contributed by atoms with Crippen LogP contribution in [0.2, 0.25) is 0 Å². The van der Waals surface area contributed by atoms with Crippen molar-refractivity contribution in [2.45, 2.75) is 119 Å². The van der Waals surface area contributed by atoms with E-state index in [0.29, 0.717) is 45.2 Å². The summed E-state index contributed by atoms with van der Waals surface area (Å²) >= 11 is 0. The molecule has 0 radical (unpaired) electrons. The van der Waals surface area contributed by atoms with Crippen molar-refractivity contribution >= 4 is 5.78 Å². The van der Waals surface area contributed by atoms with E-state index >= 15 is 0 Å². The Morgan fingerprint density at radius 1 is 0.906 bits per heavy atom. The Labute approximate surface area is 197 Å². The number of hydrogen-bond acceptors (Lipinski definition) is 2. The molecule has 0 aromatic carbocycles. The summed E-state index contributed by atoms with van der Waals surface area (Å²) in [6.45, 7) is 16.4. The fourth-order valence-electron chi connectivity index (χ4n) is 11.1. The summed E-state index contributed by atoms with van der Waals surface area (Å²) in [6, 6.07) is 0. The van der Waals surface area contributed by atoms with Gasteiger partial charge in [0.1, 0.15) is 0 Å². The normalized spacial score (nSPS) is 51.5. The third-order valence-corrected chi connectivity index (χ3v) is 12.8. The predicted molar refractivity (Wildman–Crippen MR) is 131 cm³/mol. The first kappa shape index (κ1) is 23.1. The number of rotatable bonds is 4. The minimum absolute atomic E-state index is 0.0758. The first-order valence-corrected chi connectivity index (χ1v) is 13.7. The Kier molecular flexibility index (Phi) is 5.03. The molecule has 2 nitrogen and oxygen atoms in total. The number of carbonyl (C=O) groups excluding carboxylic acids is 1. The number of hydrogen-bond donors (Lipinski definition) is 1. The van der Waals surface area contributed by atoms with Gasteiger partial charge in [-0.15, -0.1) is 0 Å². The second-order valence-corrected chi connectivity index (χ2v) is 14.4. The van der Waals surface area contributed by atoms with Crippen LogP contribution in [0.25, 0.3) is 0 Å². The second kappa shape index (κ2) is 6.96. The van der Waals surface area contributed by atoms with Crippen molar-refractivity contribution < 1.29 is 9.90 Å². The monoisotopic (exact) mass is 440 g/mol. The minimum atomic E-state index is -0.119. The summed E-state index contributed by atoms with van der Waals surface area (Å²) in [7, 11) is 0. The topological polar surface area (TPSA) is 37.3 Å². The molecule has 0 heterocycles. The molecular formula is C30H48O2. The highest BCUT2D eigenvalue weighted by Crippen LogP contribution is 2.89. The van der Waals surface area contributed by atoms with E-state index in [4.69, 9.17) is 0 Å². The third kappa shape index (κ3) is 2.71. The van der Waals surface area contributed by atoms with Crippen molar-refractivity contribution in [3.63, 3.8) is 0 Å². The summed E-state index contributed by atoms with van der Waals surface area (Å²) in [5.74, 6) is 3.04. The van der Waals surface area contributed by atoms with E-state index in [1.54, 1.807) is 0 Å². The van der Waals surface area contributed by atoms with Crippen molar-refractivity contribution in [1.29, 1.82) is 0 Å². The lowest BCUT2D eigenvalue weighted by Crippen LogP contribution is -2.57. The highest BCUT2D eigenvalue weighted by molar-refractivity contribution is 5.90. The van der Waals surface area contributed by atoms with Crippen LogP contribution in [0.15, 0.2) is 11.6 Å². The average Bonchev–Trinajstić information content (AvgIpc) is 3.27. The van der Waals surface area contributed by atoms with Gasteiger partial charge in [0.05, 0.1) is 6.10 Å². The first-order valence-electron chi connectivity index (χ1n) is 13.7. The summed E-state index contributed by atoms with van der Waals surface area (Å²) in [6.07, 6.45) is 14.3. The number of fused-ring (bicyclic) bond motifs is 2. The van der Waals surface area contributed by atoms with Gasteiger partial charge in [0.25, 0.3) is 0 Å². The zero-order valence-electron chi connectivity index (χ0n) is 21.9. The highest BCUT2D eigenvalue weighted by Gasteiger charge is 2.82. The molecule has 180 valence electrons. The Morgan fingerprint density at radius 2 is 1.56 bits per heavy atom. The van der Waals surface area contributed by atoms with Crippen molar-refractivity contribution in [2.75, 3.05) is 0 Å². The van der Waals surface area contributed by atoms with Crippen LogP contribution in [0.4, 0.5) is 0 Å². The Hall–Kier alpha value is -0.630. The molecule has 32 heavy (non-hydrogen) atoms. The quantitative estimate of drug-likeness (QED) is 0.464. The van der Waals surface area contributed by atoms with Crippen LogP contribution < -0.4 is 0 Å². The second-order valence-electron chi connectivity index (χ2n) is 14.4. The standard InChI is InChI=1S/C30H48O2/c1-19(2)16-21(31)17-20(3)22-10-12-28(7)24-9-8-23-26(4,5)25(32)11-13-29(23)18-30(24,29)15-14-27(22,28)6/h16,20,22-25,32H,8-15,17-18H2,1-7H3. The molecule has 0 aromatic heterocycles. The van der Waals surface area contributed by atoms with Gasteiger partial charge in [0.15, 0.2) is 5.78 Å². The van der Waals surface area contributed by atoms with E-state index in [1.165, 1.54) is 51.4 Å². The number of aliphatic hydroxyl groups is 1. The lowest BCUT2D eigenvalue weighted by Gasteiger charge is -2.63. The molecule has 1 N–H and O–H groups in total. The molecule has 2 heteroatoms. The van der Waals surface area contributed by atoms with Gasteiger partial charge < -0.3 is 5.11 Å². The molecule has 5 saturated carbocycles. The van der Waals surface area contributed by atoms with E-state index in [1.807, 2.05) is 19.9 Å². The fourth-order valence-corrected chi connectivity index (χ4v) is 11.1. The van der Waals surface area contributed by atoms with Crippen LogP contribution in [0.5, 0.6) is 0 Å². The van der Waals surface area contributed by atoms with Crippen LogP contribution in [-0.2, 0) is 4.79 Å². The predicted octanol–water partition coefficient (Wildman–Crippen LogP) is 7.35. The van der Waals surface area contributed by atoms with Crippen LogP contribution >= 0.6 is 0 Å². The molecule has 0 bridgehead atoms. The highest BCUT2D eigenvalue weighted by atomic mass is 16.3. The average molecular weight is 441 g/mol. The third-order valence-electron chi connectivity index (χ3n) is 12.8. The summed E-state index contributed by atoms with van der Waals surface area (Å²) in [4.78, 5) is 12.6. The van der Waals surface area contributed by atoms with E-state index in [9.17, 15) is 9.90 Å². The van der Waals surface area contributed by atoms with Crippen LogP contribution in [0.1, 0.15) is 113 Å². The molecule has 0 amide bonds. The lowest BCUT2D eigenvalue weighted by molar-refractivity contribution is -0.161. The van der Waals surface area contributed by atoms with Gasteiger partial charge >= 0.3 is 0 Å². The molecule has 5 fully saturated rings. The van der Waals surface area contributed by atoms with Crippen LogP contribution in [0, 0.1) is 50.7 Å². The molecule has 5 aliphatic rings. The molecule has 0 aromatic rings. The zero-order chi connectivity index (χ0) is 23.3. The van der Waals surface area contributed by atoms with E-state index in [0.717, 1.165) is 24.3 Å². The Balaban J connectivity index is 1.42. The van der Waals surface area contributed by atoms with E-state index in [-0.39, 0.29) is 11.5 Å². The summed E-state index contributed by atoms with van der Waals surface area (Å²) in [5.41, 5.74) is 3.06. The number of carbonyl (C=O) groups is 1. The van der Waals surface area contributed by atoms with Crippen LogP contribution in [-0.4, -0.2) is 17.0 Å². The van der Waals surface area contributed by atoms with Gasteiger partial charge in [-0.25, -0.2) is 0 Å². The Morgan fingerprint density at radius 3 is 2.25 bits per heavy atom. The van der Waals surface area contributed by atoms with Crippen molar-refractivity contribution in [3.05, 3.63) is 11.6 Å². The maximum absolute atomic E-state index is 12.6. The smallest absolute Gasteiger partial charge is 0.155 e. The molecule has 5 aliphatic carbocycles.